The minimum atomic E-state index is -0.211. The normalized spacial score (nSPS) is 22.7. The third-order valence-corrected chi connectivity index (χ3v) is 6.72. The molecule has 4 rings (SSSR count). The lowest BCUT2D eigenvalue weighted by Gasteiger charge is -2.25. The van der Waals surface area contributed by atoms with Crippen molar-refractivity contribution in [1.29, 1.82) is 0 Å². The molecule has 0 N–H and O–H groups in total. The second-order valence-electron chi connectivity index (χ2n) is 8.51. The molecule has 1 aromatic rings. The molecule has 0 spiro atoms. The first kappa shape index (κ1) is 21.2. The van der Waals surface area contributed by atoms with Crippen LogP contribution in [-0.2, 0) is 14.3 Å². The van der Waals surface area contributed by atoms with E-state index in [1.807, 2.05) is 11.8 Å². The van der Waals surface area contributed by atoms with E-state index in [9.17, 15) is 14.4 Å². The molecule has 0 bridgehead atoms. The predicted molar refractivity (Wildman–Crippen MR) is 112 cm³/mol. The maximum absolute atomic E-state index is 12.9. The molecule has 9 heteroatoms. The van der Waals surface area contributed by atoms with Crippen molar-refractivity contribution in [3.63, 3.8) is 0 Å². The summed E-state index contributed by atoms with van der Waals surface area (Å²) < 4.78 is 6.11. The summed E-state index contributed by atoms with van der Waals surface area (Å²) in [6, 6.07) is 0. The van der Waals surface area contributed by atoms with Crippen LogP contribution in [-0.4, -0.2) is 89.4 Å². The van der Waals surface area contributed by atoms with Crippen molar-refractivity contribution in [3.8, 4) is 0 Å². The molecule has 1 saturated carbocycles. The Labute approximate surface area is 181 Å². The van der Waals surface area contributed by atoms with Crippen molar-refractivity contribution in [1.82, 2.24) is 19.7 Å². The SMILES string of the molecule is Cc1nc(C(=O)N2CC(=O)N(CCCN3CCCC3=O)CC(OCC3CC3)C2)cs1. The highest BCUT2D eigenvalue weighted by Gasteiger charge is 2.33. The molecule has 0 aromatic carbocycles. The van der Waals surface area contributed by atoms with Crippen molar-refractivity contribution in [2.45, 2.75) is 45.1 Å². The van der Waals surface area contributed by atoms with Gasteiger partial charge >= 0.3 is 0 Å². The van der Waals surface area contributed by atoms with Crippen molar-refractivity contribution < 1.29 is 19.1 Å². The van der Waals surface area contributed by atoms with Crippen LogP contribution < -0.4 is 0 Å². The molecule has 8 nitrogen and oxygen atoms in total. The molecule has 1 aromatic heterocycles. The van der Waals surface area contributed by atoms with E-state index in [1.54, 1.807) is 15.2 Å². The Hall–Kier alpha value is -2.00. The number of aryl methyl sites for hydroxylation is 1. The molecular weight excluding hydrogens is 404 g/mol. The van der Waals surface area contributed by atoms with E-state index in [1.165, 1.54) is 24.2 Å². The highest BCUT2D eigenvalue weighted by Crippen LogP contribution is 2.29. The van der Waals surface area contributed by atoms with E-state index < -0.39 is 0 Å². The van der Waals surface area contributed by atoms with Crippen LogP contribution >= 0.6 is 11.3 Å². The third-order valence-electron chi connectivity index (χ3n) is 5.94. The second kappa shape index (κ2) is 9.43. The number of hydrogen-bond donors (Lipinski definition) is 0. The van der Waals surface area contributed by atoms with E-state index in [0.29, 0.717) is 50.8 Å². The Bertz CT molecular complexity index is 794. The lowest BCUT2D eigenvalue weighted by Crippen LogP contribution is -2.40. The molecule has 3 heterocycles. The Morgan fingerprint density at radius 2 is 2.00 bits per heavy atom. The molecule has 3 fully saturated rings. The molecule has 164 valence electrons. The summed E-state index contributed by atoms with van der Waals surface area (Å²) in [4.78, 5) is 47.2. The lowest BCUT2D eigenvalue weighted by atomic mass is 10.2. The van der Waals surface area contributed by atoms with Gasteiger partial charge in [-0.15, -0.1) is 11.3 Å². The highest BCUT2D eigenvalue weighted by atomic mass is 32.1. The fourth-order valence-corrected chi connectivity index (χ4v) is 4.62. The monoisotopic (exact) mass is 434 g/mol. The number of hydrogen-bond acceptors (Lipinski definition) is 6. The van der Waals surface area contributed by atoms with Crippen LogP contribution in [0.1, 0.15) is 47.6 Å². The number of amides is 3. The van der Waals surface area contributed by atoms with E-state index in [-0.39, 0.29) is 30.4 Å². The number of aromatic nitrogens is 1. The minimum absolute atomic E-state index is 0.0430. The van der Waals surface area contributed by atoms with E-state index >= 15 is 0 Å². The van der Waals surface area contributed by atoms with Gasteiger partial charge in [0.15, 0.2) is 0 Å². The summed E-state index contributed by atoms with van der Waals surface area (Å²) in [6.45, 7) is 5.54. The van der Waals surface area contributed by atoms with Crippen LogP contribution in [0.4, 0.5) is 0 Å². The fourth-order valence-electron chi connectivity index (χ4n) is 4.03. The van der Waals surface area contributed by atoms with Gasteiger partial charge in [0, 0.05) is 51.1 Å². The van der Waals surface area contributed by atoms with Crippen LogP contribution in [0.5, 0.6) is 0 Å². The molecule has 1 aliphatic carbocycles. The molecule has 2 saturated heterocycles. The summed E-state index contributed by atoms with van der Waals surface area (Å²) in [6.07, 6.45) is 4.49. The number of carbonyl (C=O) groups is 3. The molecule has 0 radical (unpaired) electrons. The largest absolute Gasteiger partial charge is 0.374 e. The maximum Gasteiger partial charge on any atom is 0.273 e. The molecule has 1 atom stereocenters. The molecule has 30 heavy (non-hydrogen) atoms. The summed E-state index contributed by atoms with van der Waals surface area (Å²) in [5, 5.41) is 2.58. The van der Waals surface area contributed by atoms with Gasteiger partial charge in [0.05, 0.1) is 11.1 Å². The summed E-state index contributed by atoms with van der Waals surface area (Å²) in [5.74, 6) is 0.542. The second-order valence-corrected chi connectivity index (χ2v) is 9.58. The van der Waals surface area contributed by atoms with Crippen LogP contribution in [0.3, 0.4) is 0 Å². The van der Waals surface area contributed by atoms with Gasteiger partial charge in [0.1, 0.15) is 12.2 Å². The Balaban J connectivity index is 1.39. The average Bonchev–Trinajstić information content (AvgIpc) is 3.36. The molecule has 1 unspecified atom stereocenters. The number of nitrogens with zero attached hydrogens (tertiary/aromatic N) is 4. The van der Waals surface area contributed by atoms with E-state index in [4.69, 9.17) is 4.74 Å². The smallest absolute Gasteiger partial charge is 0.273 e. The summed E-state index contributed by atoms with van der Waals surface area (Å²) in [7, 11) is 0. The number of rotatable bonds is 8. The Morgan fingerprint density at radius 3 is 2.67 bits per heavy atom. The van der Waals surface area contributed by atoms with Gasteiger partial charge in [-0.2, -0.15) is 0 Å². The van der Waals surface area contributed by atoms with Crippen LogP contribution in [0.25, 0.3) is 0 Å². The number of carbonyl (C=O) groups excluding carboxylic acids is 3. The summed E-state index contributed by atoms with van der Waals surface area (Å²) >= 11 is 1.43. The van der Waals surface area contributed by atoms with Gasteiger partial charge in [-0.05, 0) is 38.5 Å². The van der Waals surface area contributed by atoms with Crippen molar-refractivity contribution in [3.05, 3.63) is 16.1 Å². The quantitative estimate of drug-likeness (QED) is 0.620. The summed E-state index contributed by atoms with van der Waals surface area (Å²) in [5.41, 5.74) is 0.396. The van der Waals surface area contributed by atoms with Crippen molar-refractivity contribution >= 4 is 29.1 Å². The molecule has 3 amide bonds. The van der Waals surface area contributed by atoms with Crippen molar-refractivity contribution in [2.24, 2.45) is 5.92 Å². The zero-order valence-corrected chi connectivity index (χ0v) is 18.4. The van der Waals surface area contributed by atoms with Gasteiger partial charge in [-0.1, -0.05) is 0 Å². The van der Waals surface area contributed by atoms with Gasteiger partial charge in [0.25, 0.3) is 5.91 Å². The van der Waals surface area contributed by atoms with E-state index in [2.05, 4.69) is 4.98 Å². The molecule has 3 aliphatic rings. The van der Waals surface area contributed by atoms with E-state index in [0.717, 1.165) is 24.4 Å². The van der Waals surface area contributed by atoms with Crippen LogP contribution in [0.15, 0.2) is 5.38 Å². The minimum Gasteiger partial charge on any atom is -0.374 e. The Kier molecular flexibility index (Phi) is 6.67. The number of ether oxygens (including phenoxy) is 1. The van der Waals surface area contributed by atoms with Gasteiger partial charge in [-0.3, -0.25) is 14.4 Å². The first-order valence-electron chi connectivity index (χ1n) is 10.9. The first-order valence-corrected chi connectivity index (χ1v) is 11.8. The molecule has 2 aliphatic heterocycles. The fraction of sp³-hybridized carbons (Fsp3) is 0.714. The van der Waals surface area contributed by atoms with Gasteiger partial charge in [-0.25, -0.2) is 4.98 Å². The van der Waals surface area contributed by atoms with Crippen LogP contribution in [0, 0.1) is 12.8 Å². The zero-order valence-electron chi connectivity index (χ0n) is 17.5. The average molecular weight is 435 g/mol. The van der Waals surface area contributed by atoms with Crippen LogP contribution in [0.2, 0.25) is 0 Å². The maximum atomic E-state index is 12.9. The third kappa shape index (κ3) is 5.37. The van der Waals surface area contributed by atoms with Crippen molar-refractivity contribution in [2.75, 3.05) is 45.9 Å². The number of likely N-dealkylation sites (tertiary alicyclic amines) is 1. The zero-order chi connectivity index (χ0) is 21.1. The number of thiazole rings is 1. The standard InChI is InChI=1S/C21H30N4O4S/c1-15-22-18(14-30-15)21(28)25-11-17(29-13-16-5-6-16)10-24(20(27)12-25)9-3-8-23-7-2-4-19(23)26/h14,16-17H,2-13H2,1H3. The Morgan fingerprint density at radius 1 is 1.20 bits per heavy atom. The van der Waals surface area contributed by atoms with Gasteiger partial charge < -0.3 is 19.4 Å². The first-order chi connectivity index (χ1) is 14.5. The highest BCUT2D eigenvalue weighted by molar-refractivity contribution is 7.09. The lowest BCUT2D eigenvalue weighted by molar-refractivity contribution is -0.131. The topological polar surface area (TPSA) is 83.1 Å². The van der Waals surface area contributed by atoms with Gasteiger partial charge in [0.2, 0.25) is 11.8 Å². The predicted octanol–water partition coefficient (Wildman–Crippen LogP) is 1.54. The molecular formula is C21H30N4O4S.